The zero-order chi connectivity index (χ0) is 18.0. The minimum Gasteiger partial charge on any atom is -0.503 e. The van der Waals surface area contributed by atoms with Crippen LogP contribution in [0.1, 0.15) is 5.56 Å². The van der Waals surface area contributed by atoms with Crippen LogP contribution in [0.25, 0.3) is 6.08 Å². The van der Waals surface area contributed by atoms with Gasteiger partial charge < -0.3 is 19.9 Å². The van der Waals surface area contributed by atoms with Crippen LogP contribution in [0.4, 0.5) is 4.79 Å². The fourth-order valence-corrected chi connectivity index (χ4v) is 2.56. The maximum atomic E-state index is 12.2. The molecule has 0 aliphatic carbocycles. The number of aromatic hydroxyl groups is 1. The van der Waals surface area contributed by atoms with Crippen molar-refractivity contribution in [2.24, 2.45) is 0 Å². The molecule has 128 valence electrons. The molecule has 24 heavy (non-hydrogen) atoms. The summed E-state index contributed by atoms with van der Waals surface area (Å²) < 4.78 is 9.74. The first-order valence-electron chi connectivity index (χ1n) is 6.46. The Balaban J connectivity index is 2.39. The summed E-state index contributed by atoms with van der Waals surface area (Å²) in [4.78, 5) is 36.0. The number of hydrogen-bond acceptors (Lipinski definition) is 6. The number of hydrogen-bond donors (Lipinski definition) is 2. The second-order valence-corrected chi connectivity index (χ2v) is 5.77. The second kappa shape index (κ2) is 7.10. The Hall–Kier alpha value is -2.26. The third-order valence-electron chi connectivity index (χ3n) is 3.17. The maximum Gasteiger partial charge on any atom is 0.329 e. The molecule has 0 saturated carbocycles. The summed E-state index contributed by atoms with van der Waals surface area (Å²) in [7, 11) is 2.50. The SMILES string of the molecule is COC(=O)CN1C(=O)N/C(=C/c2cc(OC)c(O)c(Cl)c2Br)C1=O. The average molecular weight is 420 g/mol. The molecule has 10 heteroatoms. The molecule has 0 unspecified atom stereocenters. The van der Waals surface area contributed by atoms with E-state index in [2.05, 4.69) is 26.0 Å². The van der Waals surface area contributed by atoms with Crippen molar-refractivity contribution >= 4 is 51.5 Å². The number of benzene rings is 1. The molecule has 2 N–H and O–H groups in total. The summed E-state index contributed by atoms with van der Waals surface area (Å²) >= 11 is 9.18. The van der Waals surface area contributed by atoms with Crippen LogP contribution >= 0.6 is 27.5 Å². The molecule has 0 spiro atoms. The van der Waals surface area contributed by atoms with Crippen molar-refractivity contribution in [1.29, 1.82) is 0 Å². The average Bonchev–Trinajstić information content (AvgIpc) is 2.82. The molecular weight excluding hydrogens is 408 g/mol. The number of amides is 3. The normalized spacial score (nSPS) is 15.7. The number of carbonyl (C=O) groups is 3. The summed E-state index contributed by atoms with van der Waals surface area (Å²) in [5, 5.41) is 12.2. The number of halogens is 2. The van der Waals surface area contributed by atoms with Crippen molar-refractivity contribution in [2.75, 3.05) is 20.8 Å². The third-order valence-corrected chi connectivity index (χ3v) is 4.62. The van der Waals surface area contributed by atoms with Gasteiger partial charge in [0.25, 0.3) is 5.91 Å². The van der Waals surface area contributed by atoms with Crippen LogP contribution in [0, 0.1) is 0 Å². The second-order valence-electron chi connectivity index (χ2n) is 4.60. The van der Waals surface area contributed by atoms with Crippen molar-refractivity contribution < 1.29 is 29.0 Å². The van der Waals surface area contributed by atoms with Gasteiger partial charge in [-0.2, -0.15) is 0 Å². The molecule has 0 atom stereocenters. The number of carbonyl (C=O) groups excluding carboxylic acids is 3. The highest BCUT2D eigenvalue weighted by molar-refractivity contribution is 9.10. The van der Waals surface area contributed by atoms with Gasteiger partial charge in [0.05, 0.1) is 14.2 Å². The van der Waals surface area contributed by atoms with Crippen molar-refractivity contribution in [3.05, 3.63) is 26.8 Å². The smallest absolute Gasteiger partial charge is 0.329 e. The molecule has 1 fully saturated rings. The zero-order valence-electron chi connectivity index (χ0n) is 12.6. The fraction of sp³-hybridized carbons (Fsp3) is 0.214. The zero-order valence-corrected chi connectivity index (χ0v) is 14.9. The summed E-state index contributed by atoms with van der Waals surface area (Å²) in [6.45, 7) is -0.501. The van der Waals surface area contributed by atoms with Gasteiger partial charge in [-0.1, -0.05) is 11.6 Å². The van der Waals surface area contributed by atoms with Gasteiger partial charge in [0.2, 0.25) is 0 Å². The number of urea groups is 1. The van der Waals surface area contributed by atoms with E-state index in [0.717, 1.165) is 7.11 Å². The van der Waals surface area contributed by atoms with E-state index in [0.29, 0.717) is 14.9 Å². The molecule has 1 heterocycles. The number of phenolic OH excluding ortho intramolecular Hbond substituents is 1. The fourth-order valence-electron chi connectivity index (χ4n) is 1.94. The van der Waals surface area contributed by atoms with Crippen LogP contribution in [0.15, 0.2) is 16.2 Å². The van der Waals surface area contributed by atoms with E-state index in [9.17, 15) is 19.5 Å². The van der Waals surface area contributed by atoms with Crippen LogP contribution in [-0.4, -0.2) is 48.7 Å². The van der Waals surface area contributed by atoms with E-state index < -0.39 is 24.5 Å². The maximum absolute atomic E-state index is 12.2. The topological polar surface area (TPSA) is 105 Å². The van der Waals surface area contributed by atoms with Crippen LogP contribution in [0.3, 0.4) is 0 Å². The number of esters is 1. The molecule has 1 saturated heterocycles. The molecule has 1 aromatic carbocycles. The summed E-state index contributed by atoms with van der Waals surface area (Å²) in [6, 6.07) is 0.686. The van der Waals surface area contributed by atoms with Gasteiger partial charge in [-0.25, -0.2) is 9.69 Å². The Bertz CT molecular complexity index is 764. The molecule has 0 bridgehead atoms. The highest BCUT2D eigenvalue weighted by Crippen LogP contribution is 2.42. The van der Waals surface area contributed by atoms with E-state index in [-0.39, 0.29) is 22.2 Å². The molecule has 1 aliphatic rings. The quantitative estimate of drug-likeness (QED) is 0.439. The first-order valence-corrected chi connectivity index (χ1v) is 7.63. The first kappa shape index (κ1) is 18.1. The van der Waals surface area contributed by atoms with Gasteiger partial charge in [0.15, 0.2) is 11.5 Å². The Labute approximate surface area is 150 Å². The first-order chi connectivity index (χ1) is 11.3. The Kier molecular flexibility index (Phi) is 5.35. The monoisotopic (exact) mass is 418 g/mol. The summed E-state index contributed by atoms with van der Waals surface area (Å²) in [5.74, 6) is -1.59. The van der Waals surface area contributed by atoms with Crippen molar-refractivity contribution in [2.45, 2.75) is 0 Å². The number of methoxy groups -OCH3 is 2. The molecule has 2 rings (SSSR count). The van der Waals surface area contributed by atoms with Gasteiger partial charge in [0.1, 0.15) is 17.3 Å². The predicted molar refractivity (Wildman–Crippen MR) is 87.6 cm³/mol. The number of ether oxygens (including phenoxy) is 2. The van der Waals surface area contributed by atoms with E-state index >= 15 is 0 Å². The number of nitrogens with one attached hydrogen (secondary N) is 1. The van der Waals surface area contributed by atoms with E-state index in [1.165, 1.54) is 19.3 Å². The van der Waals surface area contributed by atoms with Crippen LogP contribution in [0.2, 0.25) is 5.02 Å². The van der Waals surface area contributed by atoms with Crippen molar-refractivity contribution in [1.82, 2.24) is 10.2 Å². The van der Waals surface area contributed by atoms with E-state index in [4.69, 9.17) is 16.3 Å². The van der Waals surface area contributed by atoms with E-state index in [1.807, 2.05) is 0 Å². The number of rotatable bonds is 4. The standard InChI is InChI=1S/C14H12BrClN2O6/c1-23-8-4-6(10(15)11(16)12(8)20)3-7-13(21)18(14(22)17-7)5-9(19)24-2/h3-4,20H,5H2,1-2H3,(H,17,22)/b7-3+. The summed E-state index contributed by atoms with van der Waals surface area (Å²) in [6.07, 6.45) is 1.34. The molecule has 0 aromatic heterocycles. The molecule has 1 aromatic rings. The number of imide groups is 1. The van der Waals surface area contributed by atoms with Crippen LogP contribution < -0.4 is 10.1 Å². The molecule has 1 aliphatic heterocycles. The highest BCUT2D eigenvalue weighted by Gasteiger charge is 2.35. The lowest BCUT2D eigenvalue weighted by molar-refractivity contribution is -0.143. The van der Waals surface area contributed by atoms with Crippen LogP contribution in [0.5, 0.6) is 11.5 Å². The lowest BCUT2D eigenvalue weighted by Crippen LogP contribution is -2.36. The largest absolute Gasteiger partial charge is 0.503 e. The Morgan fingerprint density at radius 1 is 1.46 bits per heavy atom. The van der Waals surface area contributed by atoms with Crippen molar-refractivity contribution in [3.63, 3.8) is 0 Å². The van der Waals surface area contributed by atoms with Gasteiger partial charge in [-0.3, -0.25) is 9.59 Å². The van der Waals surface area contributed by atoms with Crippen molar-refractivity contribution in [3.8, 4) is 11.5 Å². The Morgan fingerprint density at radius 3 is 2.71 bits per heavy atom. The van der Waals surface area contributed by atoms with Crippen LogP contribution in [-0.2, 0) is 14.3 Å². The highest BCUT2D eigenvalue weighted by atomic mass is 79.9. The number of nitrogens with zero attached hydrogens (tertiary/aromatic N) is 1. The molecule has 0 radical (unpaired) electrons. The molecule has 8 nitrogen and oxygen atoms in total. The minimum atomic E-state index is -0.746. The van der Waals surface area contributed by atoms with E-state index in [1.54, 1.807) is 0 Å². The lowest BCUT2D eigenvalue weighted by atomic mass is 10.1. The molecular formula is C14H12BrClN2O6. The van der Waals surface area contributed by atoms with Gasteiger partial charge >= 0.3 is 12.0 Å². The van der Waals surface area contributed by atoms with Gasteiger partial charge in [0, 0.05) is 4.47 Å². The van der Waals surface area contributed by atoms with Gasteiger partial charge in [-0.05, 0) is 33.6 Å². The number of phenols is 1. The van der Waals surface area contributed by atoms with Gasteiger partial charge in [-0.15, -0.1) is 0 Å². The molecule has 3 amide bonds. The third kappa shape index (κ3) is 3.31. The Morgan fingerprint density at radius 2 is 2.12 bits per heavy atom. The summed E-state index contributed by atoms with van der Waals surface area (Å²) in [5.41, 5.74) is 0.326. The minimum absolute atomic E-state index is 0.00982. The predicted octanol–water partition coefficient (Wildman–Crippen LogP) is 1.88. The lowest BCUT2D eigenvalue weighted by Gasteiger charge is -2.10.